The average Bonchev–Trinajstić information content (AvgIpc) is 2.37. The van der Waals surface area contributed by atoms with Crippen molar-refractivity contribution in [2.45, 2.75) is 6.54 Å². The SMILES string of the molecule is F[B-](F)(F)F.c1ccc(CN[n+]2ccccc2)cc1. The van der Waals surface area contributed by atoms with E-state index in [1.807, 2.05) is 53.5 Å². The molecule has 0 aliphatic rings. The summed E-state index contributed by atoms with van der Waals surface area (Å²) >= 11 is 0. The summed E-state index contributed by atoms with van der Waals surface area (Å²) in [5.74, 6) is 0. The lowest BCUT2D eigenvalue weighted by atomic mass is 10.2. The summed E-state index contributed by atoms with van der Waals surface area (Å²) in [5.41, 5.74) is 4.56. The first-order valence-electron chi connectivity index (χ1n) is 5.56. The Kier molecular flexibility index (Phi) is 5.85. The summed E-state index contributed by atoms with van der Waals surface area (Å²) in [6, 6.07) is 16.3. The van der Waals surface area contributed by atoms with Gasteiger partial charge in [0.1, 0.15) is 0 Å². The molecule has 1 heterocycles. The molecule has 0 aliphatic heterocycles. The van der Waals surface area contributed by atoms with Crippen LogP contribution in [0.2, 0.25) is 0 Å². The van der Waals surface area contributed by atoms with Gasteiger partial charge in [0, 0.05) is 12.1 Å². The Morgan fingerprint density at radius 3 is 1.84 bits per heavy atom. The summed E-state index contributed by atoms with van der Waals surface area (Å²) in [4.78, 5) is 0. The normalized spacial score (nSPS) is 10.3. The molecule has 1 N–H and O–H groups in total. The van der Waals surface area contributed by atoms with Crippen molar-refractivity contribution in [1.82, 2.24) is 0 Å². The molecule has 0 unspecified atom stereocenters. The van der Waals surface area contributed by atoms with Crippen LogP contribution < -0.4 is 10.1 Å². The molecule has 102 valence electrons. The second kappa shape index (κ2) is 7.40. The highest BCUT2D eigenvalue weighted by atomic mass is 19.5. The predicted octanol–water partition coefficient (Wildman–Crippen LogP) is 3.02. The third-order valence-electron chi connectivity index (χ3n) is 2.02. The maximum Gasteiger partial charge on any atom is 0.673 e. The molecule has 0 saturated heterocycles. The van der Waals surface area contributed by atoms with E-state index in [9.17, 15) is 17.3 Å². The number of rotatable bonds is 3. The Morgan fingerprint density at radius 2 is 1.32 bits per heavy atom. The monoisotopic (exact) mass is 272 g/mol. The Bertz CT molecular complexity index is 417. The molecule has 19 heavy (non-hydrogen) atoms. The lowest BCUT2D eigenvalue weighted by molar-refractivity contribution is -0.651. The van der Waals surface area contributed by atoms with Crippen LogP contribution in [0.1, 0.15) is 5.56 Å². The molecule has 1 aromatic carbocycles. The molecule has 0 fully saturated rings. The van der Waals surface area contributed by atoms with Crippen LogP contribution in [-0.4, -0.2) is 7.25 Å². The zero-order valence-electron chi connectivity index (χ0n) is 10.0. The van der Waals surface area contributed by atoms with Gasteiger partial charge >= 0.3 is 7.25 Å². The number of nitrogens with one attached hydrogen (secondary N) is 1. The number of aromatic nitrogens is 1. The van der Waals surface area contributed by atoms with Crippen LogP contribution in [0.15, 0.2) is 60.9 Å². The van der Waals surface area contributed by atoms with Gasteiger partial charge < -0.3 is 17.3 Å². The maximum absolute atomic E-state index is 9.75. The molecule has 2 rings (SSSR count). The topological polar surface area (TPSA) is 15.9 Å². The van der Waals surface area contributed by atoms with Gasteiger partial charge in [-0.05, 0) is 5.56 Å². The fourth-order valence-electron chi connectivity index (χ4n) is 1.28. The minimum absolute atomic E-state index is 0.843. The summed E-state index contributed by atoms with van der Waals surface area (Å²) in [5, 5.41) is 0. The van der Waals surface area contributed by atoms with Crippen molar-refractivity contribution < 1.29 is 21.9 Å². The van der Waals surface area contributed by atoms with Crippen molar-refractivity contribution in [3.05, 3.63) is 66.5 Å². The summed E-state index contributed by atoms with van der Waals surface area (Å²) in [7, 11) is -6.00. The number of benzene rings is 1. The van der Waals surface area contributed by atoms with E-state index in [0.29, 0.717) is 0 Å². The van der Waals surface area contributed by atoms with Gasteiger partial charge in [-0.3, -0.25) is 0 Å². The van der Waals surface area contributed by atoms with E-state index in [1.165, 1.54) is 5.56 Å². The molecule has 1 aromatic heterocycles. The second-order valence-electron chi connectivity index (χ2n) is 3.60. The Morgan fingerprint density at radius 1 is 0.842 bits per heavy atom. The van der Waals surface area contributed by atoms with Gasteiger partial charge in [0.05, 0.1) is 6.54 Å². The van der Waals surface area contributed by atoms with Gasteiger partial charge in [0.2, 0.25) is 0 Å². The van der Waals surface area contributed by atoms with Crippen LogP contribution in [0, 0.1) is 0 Å². The number of hydrogen-bond acceptors (Lipinski definition) is 1. The second-order valence-corrected chi connectivity index (χ2v) is 3.60. The van der Waals surface area contributed by atoms with Crippen molar-refractivity contribution in [3.8, 4) is 0 Å². The summed E-state index contributed by atoms with van der Waals surface area (Å²) in [6.45, 7) is 0.843. The third kappa shape index (κ3) is 8.65. The zero-order valence-corrected chi connectivity index (χ0v) is 10.0. The Hall–Kier alpha value is -2.05. The number of halogens is 4. The van der Waals surface area contributed by atoms with Gasteiger partial charge in [-0.2, -0.15) is 5.43 Å². The lowest BCUT2D eigenvalue weighted by Gasteiger charge is -1.99. The quantitative estimate of drug-likeness (QED) is 0.516. The summed E-state index contributed by atoms with van der Waals surface area (Å²) < 4.78 is 41.0. The molecule has 7 heteroatoms. The molecule has 2 aromatic rings. The molecule has 0 saturated carbocycles. The van der Waals surface area contributed by atoms with E-state index in [1.54, 1.807) is 0 Å². The average molecular weight is 272 g/mol. The largest absolute Gasteiger partial charge is 0.673 e. The van der Waals surface area contributed by atoms with Gasteiger partial charge in [-0.25, -0.2) is 0 Å². The van der Waals surface area contributed by atoms with Crippen molar-refractivity contribution in [3.63, 3.8) is 0 Å². The Balaban J connectivity index is 0.000000312. The van der Waals surface area contributed by atoms with Crippen LogP contribution >= 0.6 is 0 Å². The van der Waals surface area contributed by atoms with Crippen molar-refractivity contribution in [1.29, 1.82) is 0 Å². The highest BCUT2D eigenvalue weighted by Gasteiger charge is 2.20. The fraction of sp³-hybridized carbons (Fsp3) is 0.0833. The van der Waals surface area contributed by atoms with Gasteiger partial charge in [-0.1, -0.05) is 41.1 Å². The van der Waals surface area contributed by atoms with Gasteiger partial charge in [0.25, 0.3) is 0 Å². The first kappa shape index (κ1) is 15.0. The van der Waals surface area contributed by atoms with E-state index in [0.717, 1.165) is 6.54 Å². The van der Waals surface area contributed by atoms with E-state index >= 15 is 0 Å². The number of nitrogens with zero attached hydrogens (tertiary/aromatic N) is 1. The predicted molar refractivity (Wildman–Crippen MR) is 66.3 cm³/mol. The smallest absolute Gasteiger partial charge is 0.418 e. The van der Waals surface area contributed by atoms with E-state index in [4.69, 9.17) is 0 Å². The molecule has 0 atom stereocenters. The van der Waals surface area contributed by atoms with Gasteiger partial charge in [-0.15, -0.1) is 0 Å². The van der Waals surface area contributed by atoms with E-state index in [2.05, 4.69) is 17.6 Å². The van der Waals surface area contributed by atoms with Crippen molar-refractivity contribution in [2.75, 3.05) is 5.43 Å². The third-order valence-corrected chi connectivity index (χ3v) is 2.02. The van der Waals surface area contributed by atoms with E-state index < -0.39 is 7.25 Å². The van der Waals surface area contributed by atoms with Crippen molar-refractivity contribution in [2.24, 2.45) is 0 Å². The number of pyridine rings is 1. The van der Waals surface area contributed by atoms with Gasteiger partial charge in [0.15, 0.2) is 12.4 Å². The van der Waals surface area contributed by atoms with Crippen LogP contribution in [0.3, 0.4) is 0 Å². The highest BCUT2D eigenvalue weighted by Crippen LogP contribution is 2.06. The maximum atomic E-state index is 9.75. The van der Waals surface area contributed by atoms with Crippen LogP contribution in [0.4, 0.5) is 17.3 Å². The highest BCUT2D eigenvalue weighted by molar-refractivity contribution is 6.50. The van der Waals surface area contributed by atoms with Crippen LogP contribution in [-0.2, 0) is 6.54 Å². The van der Waals surface area contributed by atoms with Crippen LogP contribution in [0.5, 0.6) is 0 Å². The lowest BCUT2D eigenvalue weighted by Crippen LogP contribution is -2.43. The molecular formula is C12H13BF4N2. The summed E-state index contributed by atoms with van der Waals surface area (Å²) in [6.07, 6.45) is 3.98. The zero-order chi connectivity index (χ0) is 14.1. The fourth-order valence-corrected chi connectivity index (χ4v) is 1.28. The van der Waals surface area contributed by atoms with Crippen molar-refractivity contribution >= 4 is 7.25 Å². The first-order chi connectivity index (χ1) is 8.95. The first-order valence-corrected chi connectivity index (χ1v) is 5.56. The minimum atomic E-state index is -6.00. The molecule has 2 nitrogen and oxygen atoms in total. The standard InChI is InChI=1S/C12H13N2.BF4/c1-3-7-12(8-4-1)11-13-14-9-5-2-6-10-14;2-1(3,4)5/h1-10,13H,11H2;/q+1;-1. The van der Waals surface area contributed by atoms with Crippen LogP contribution in [0.25, 0.3) is 0 Å². The molecule has 0 aliphatic carbocycles. The Labute approximate surface area is 108 Å². The molecular weight excluding hydrogens is 259 g/mol. The molecule has 0 bridgehead atoms. The number of hydrogen-bond donors (Lipinski definition) is 1. The molecule has 0 spiro atoms. The minimum Gasteiger partial charge on any atom is -0.418 e. The van der Waals surface area contributed by atoms with E-state index in [-0.39, 0.29) is 0 Å². The molecule has 0 radical (unpaired) electrons. The molecule has 0 amide bonds.